The van der Waals surface area contributed by atoms with Crippen LogP contribution in [0.25, 0.3) is 11.3 Å². The number of carbonyl (C=O) groups is 2. The lowest BCUT2D eigenvalue weighted by Gasteiger charge is -1.95. The van der Waals surface area contributed by atoms with E-state index >= 15 is 0 Å². The van der Waals surface area contributed by atoms with Crippen LogP contribution in [0, 0.1) is 0 Å². The number of esters is 1. The molecule has 0 radical (unpaired) electrons. The summed E-state index contributed by atoms with van der Waals surface area (Å²) in [4.78, 5) is 26.2. The molecular weight excluding hydrogens is 224 g/mol. The van der Waals surface area contributed by atoms with Crippen LogP contribution in [0.1, 0.15) is 20.9 Å². The van der Waals surface area contributed by atoms with Crippen molar-refractivity contribution in [2.75, 3.05) is 7.11 Å². The number of hydrogen-bond acceptors (Lipinski definition) is 6. The third-order valence-corrected chi connectivity index (χ3v) is 2.15. The third kappa shape index (κ3) is 1.92. The van der Waals surface area contributed by atoms with Crippen LogP contribution >= 0.6 is 0 Å². The Morgan fingerprint density at radius 3 is 2.94 bits per heavy atom. The molecule has 0 saturated carbocycles. The van der Waals surface area contributed by atoms with Crippen molar-refractivity contribution < 1.29 is 18.8 Å². The number of hydrogen-bond donors (Lipinski definition) is 0. The molecule has 0 N–H and O–H groups in total. The van der Waals surface area contributed by atoms with Gasteiger partial charge < -0.3 is 9.26 Å². The Bertz CT molecular complexity index is 548. The molecule has 0 atom stereocenters. The van der Waals surface area contributed by atoms with Gasteiger partial charge in [-0.25, -0.2) is 4.79 Å². The predicted octanol–water partition coefficient (Wildman–Crippen LogP) is 1.34. The topological polar surface area (TPSA) is 82.3 Å². The van der Waals surface area contributed by atoms with Gasteiger partial charge in [0, 0.05) is 18.0 Å². The van der Waals surface area contributed by atoms with Gasteiger partial charge in [-0.1, -0.05) is 5.16 Å². The van der Waals surface area contributed by atoms with Crippen molar-refractivity contribution in [1.29, 1.82) is 0 Å². The van der Waals surface area contributed by atoms with Crippen LogP contribution < -0.4 is 0 Å². The fourth-order valence-electron chi connectivity index (χ4n) is 1.36. The monoisotopic (exact) mass is 232 g/mol. The summed E-state index contributed by atoms with van der Waals surface area (Å²) in [6.45, 7) is 0. The lowest BCUT2D eigenvalue weighted by Crippen LogP contribution is -2.02. The summed E-state index contributed by atoms with van der Waals surface area (Å²) in [5, 5.41) is 3.68. The number of carbonyl (C=O) groups excluding carboxylic acids is 2. The normalized spacial score (nSPS) is 9.94. The Morgan fingerprint density at radius 2 is 2.35 bits per heavy atom. The number of aromatic nitrogens is 2. The fourth-order valence-corrected chi connectivity index (χ4v) is 1.36. The molecule has 17 heavy (non-hydrogen) atoms. The molecule has 0 bridgehead atoms. The van der Waals surface area contributed by atoms with E-state index in [1.807, 2.05) is 0 Å². The van der Waals surface area contributed by atoms with Crippen LogP contribution in [0.2, 0.25) is 0 Å². The zero-order chi connectivity index (χ0) is 12.3. The Balaban J connectivity index is 2.54. The maximum Gasteiger partial charge on any atom is 0.377 e. The van der Waals surface area contributed by atoms with Crippen molar-refractivity contribution in [2.24, 2.45) is 0 Å². The van der Waals surface area contributed by atoms with Crippen LogP contribution in [0.4, 0.5) is 0 Å². The van der Waals surface area contributed by atoms with Crippen LogP contribution in [0.3, 0.4) is 0 Å². The van der Waals surface area contributed by atoms with Gasteiger partial charge in [0.05, 0.1) is 12.7 Å². The molecule has 0 unspecified atom stereocenters. The fraction of sp³-hybridized carbons (Fsp3) is 0.0909. The smallest absolute Gasteiger partial charge is 0.377 e. The standard InChI is InChI=1S/C11H8N2O4/c1-16-11(15)10-8(6-14)9(13-17-10)7-3-2-4-12-5-7/h2-6H,1H3. The average molecular weight is 232 g/mol. The largest absolute Gasteiger partial charge is 0.463 e. The Morgan fingerprint density at radius 1 is 1.53 bits per heavy atom. The number of nitrogens with zero attached hydrogens (tertiary/aromatic N) is 2. The highest BCUT2D eigenvalue weighted by atomic mass is 16.5. The SMILES string of the molecule is COC(=O)c1onc(-c2cccnc2)c1C=O. The average Bonchev–Trinajstić information content (AvgIpc) is 2.82. The van der Waals surface area contributed by atoms with Crippen molar-refractivity contribution in [3.63, 3.8) is 0 Å². The molecule has 0 aromatic carbocycles. The molecule has 0 aliphatic carbocycles. The highest BCUT2D eigenvalue weighted by molar-refractivity contribution is 5.99. The van der Waals surface area contributed by atoms with Gasteiger partial charge in [0.25, 0.3) is 5.76 Å². The zero-order valence-corrected chi connectivity index (χ0v) is 8.91. The quantitative estimate of drug-likeness (QED) is 0.586. The Hall–Kier alpha value is -2.50. The van der Waals surface area contributed by atoms with E-state index in [-0.39, 0.29) is 17.0 Å². The first kappa shape index (κ1) is 11.0. The maximum absolute atomic E-state index is 11.3. The molecule has 2 aromatic heterocycles. The van der Waals surface area contributed by atoms with Gasteiger partial charge in [-0.15, -0.1) is 0 Å². The summed E-state index contributed by atoms with van der Waals surface area (Å²) in [7, 11) is 1.20. The van der Waals surface area contributed by atoms with E-state index in [0.717, 1.165) is 0 Å². The molecule has 86 valence electrons. The van der Waals surface area contributed by atoms with Crippen LogP contribution in [-0.2, 0) is 4.74 Å². The van der Waals surface area contributed by atoms with E-state index in [2.05, 4.69) is 14.9 Å². The molecule has 2 heterocycles. The highest BCUT2D eigenvalue weighted by Gasteiger charge is 2.23. The van der Waals surface area contributed by atoms with Crippen molar-refractivity contribution in [3.8, 4) is 11.3 Å². The molecule has 2 rings (SSSR count). The lowest BCUT2D eigenvalue weighted by molar-refractivity contribution is 0.0552. The first-order valence-electron chi connectivity index (χ1n) is 4.71. The summed E-state index contributed by atoms with van der Waals surface area (Å²) in [5.74, 6) is -0.948. The minimum atomic E-state index is -0.741. The van der Waals surface area contributed by atoms with Gasteiger partial charge in [0.2, 0.25) is 0 Å². The molecule has 0 fully saturated rings. The van der Waals surface area contributed by atoms with E-state index in [0.29, 0.717) is 11.8 Å². The Kier molecular flexibility index (Phi) is 2.95. The molecule has 0 saturated heterocycles. The van der Waals surface area contributed by atoms with Gasteiger partial charge in [-0.2, -0.15) is 0 Å². The maximum atomic E-state index is 11.3. The van der Waals surface area contributed by atoms with Gasteiger partial charge in [0.15, 0.2) is 6.29 Å². The number of methoxy groups -OCH3 is 1. The molecule has 0 aliphatic heterocycles. The Labute approximate surface area is 96.2 Å². The summed E-state index contributed by atoms with van der Waals surface area (Å²) >= 11 is 0. The molecule has 2 aromatic rings. The number of pyridine rings is 1. The summed E-state index contributed by atoms with van der Waals surface area (Å²) < 4.78 is 9.29. The summed E-state index contributed by atoms with van der Waals surface area (Å²) in [6, 6.07) is 3.40. The first-order valence-corrected chi connectivity index (χ1v) is 4.71. The summed E-state index contributed by atoms with van der Waals surface area (Å²) in [5.41, 5.74) is 0.923. The van der Waals surface area contributed by atoms with Gasteiger partial charge in [-0.05, 0) is 12.1 Å². The van der Waals surface area contributed by atoms with Crippen molar-refractivity contribution in [2.45, 2.75) is 0 Å². The molecule has 0 amide bonds. The van der Waals surface area contributed by atoms with Gasteiger partial charge >= 0.3 is 5.97 Å². The number of ether oxygens (including phenoxy) is 1. The van der Waals surface area contributed by atoms with Crippen LogP contribution in [0.5, 0.6) is 0 Å². The second-order valence-corrected chi connectivity index (χ2v) is 3.13. The molecule has 6 heteroatoms. The second kappa shape index (κ2) is 4.56. The third-order valence-electron chi connectivity index (χ3n) is 2.15. The van der Waals surface area contributed by atoms with Crippen LogP contribution in [-0.4, -0.2) is 29.5 Å². The highest BCUT2D eigenvalue weighted by Crippen LogP contribution is 2.23. The van der Waals surface area contributed by atoms with Gasteiger partial charge in [-0.3, -0.25) is 9.78 Å². The summed E-state index contributed by atoms with van der Waals surface area (Å²) in [6.07, 6.45) is 3.61. The van der Waals surface area contributed by atoms with E-state index in [9.17, 15) is 9.59 Å². The minimum absolute atomic E-state index is 0.0600. The van der Waals surface area contributed by atoms with E-state index < -0.39 is 5.97 Å². The van der Waals surface area contributed by atoms with E-state index in [1.54, 1.807) is 18.3 Å². The lowest BCUT2D eigenvalue weighted by atomic mass is 10.1. The molecule has 6 nitrogen and oxygen atoms in total. The van der Waals surface area contributed by atoms with E-state index in [4.69, 9.17) is 4.52 Å². The first-order chi connectivity index (χ1) is 8.27. The van der Waals surface area contributed by atoms with Crippen molar-refractivity contribution in [3.05, 3.63) is 35.9 Å². The van der Waals surface area contributed by atoms with Crippen LogP contribution in [0.15, 0.2) is 29.0 Å². The molecule has 0 spiro atoms. The molecular formula is C11H8N2O4. The van der Waals surface area contributed by atoms with Crippen molar-refractivity contribution in [1.82, 2.24) is 10.1 Å². The van der Waals surface area contributed by atoms with Gasteiger partial charge in [0.1, 0.15) is 5.69 Å². The minimum Gasteiger partial charge on any atom is -0.463 e. The molecule has 0 aliphatic rings. The van der Waals surface area contributed by atoms with Crippen molar-refractivity contribution >= 4 is 12.3 Å². The number of aldehydes is 1. The second-order valence-electron chi connectivity index (χ2n) is 3.13. The number of rotatable bonds is 3. The van der Waals surface area contributed by atoms with E-state index in [1.165, 1.54) is 13.3 Å². The zero-order valence-electron chi connectivity index (χ0n) is 8.91. The predicted molar refractivity (Wildman–Crippen MR) is 56.5 cm³/mol.